The minimum Gasteiger partial charge on any atom is -0.494 e. The van der Waals surface area contributed by atoms with Gasteiger partial charge in [0.25, 0.3) is 0 Å². The number of hydrogen-bond acceptors (Lipinski definition) is 6. The highest BCUT2D eigenvalue weighted by molar-refractivity contribution is 9.09. The molecule has 0 radical (unpaired) electrons. The first-order valence-electron chi connectivity index (χ1n) is 14.0. The van der Waals surface area contributed by atoms with Gasteiger partial charge in [0.05, 0.1) is 23.2 Å². The van der Waals surface area contributed by atoms with E-state index in [1.165, 1.54) is 0 Å². The number of nitrogens with zero attached hydrogens (tertiary/aromatic N) is 1. The Bertz CT molecular complexity index is 1220. The molecule has 3 fully saturated rings. The summed E-state index contributed by atoms with van der Waals surface area (Å²) in [6.45, 7) is 3.36. The van der Waals surface area contributed by atoms with Crippen molar-refractivity contribution in [3.8, 4) is 5.75 Å². The van der Waals surface area contributed by atoms with Gasteiger partial charge >= 0.3 is 0 Å². The van der Waals surface area contributed by atoms with Crippen molar-refractivity contribution >= 4 is 51.1 Å². The van der Waals surface area contributed by atoms with E-state index in [1.54, 1.807) is 28.8 Å². The van der Waals surface area contributed by atoms with Crippen molar-refractivity contribution < 1.29 is 24.2 Å². The number of aliphatic hydroxyl groups is 1. The molecule has 0 aromatic heterocycles. The van der Waals surface area contributed by atoms with Crippen LogP contribution in [0.15, 0.2) is 54.6 Å². The number of unbranched alkanes of at least 4 members (excludes halogenated alkanes) is 2. The molecule has 3 N–H and O–H groups in total. The average molecular weight is 631 g/mol. The SMILES string of the molecule is CCOc1ccc(NC(=O)[C@H]2[C@@H]3SC4(CC3Br)C(C(=O)NCc3ccccc3)N(CCCCCO)C(=O)[C@H]24)cc1. The van der Waals surface area contributed by atoms with Crippen molar-refractivity contribution in [2.75, 3.05) is 25.1 Å². The zero-order valence-corrected chi connectivity index (χ0v) is 25.0. The van der Waals surface area contributed by atoms with Gasteiger partial charge in [-0.15, -0.1) is 11.8 Å². The first-order chi connectivity index (χ1) is 19.4. The predicted molar refractivity (Wildman–Crippen MR) is 159 cm³/mol. The summed E-state index contributed by atoms with van der Waals surface area (Å²) in [6, 6.07) is 16.3. The summed E-state index contributed by atoms with van der Waals surface area (Å²) < 4.78 is 4.82. The van der Waals surface area contributed by atoms with Gasteiger partial charge in [-0.2, -0.15) is 0 Å². The number of halogens is 1. The first kappa shape index (κ1) is 29.0. The molecule has 214 valence electrons. The van der Waals surface area contributed by atoms with Crippen LogP contribution < -0.4 is 15.4 Å². The molecule has 40 heavy (non-hydrogen) atoms. The van der Waals surface area contributed by atoms with E-state index in [4.69, 9.17) is 4.74 Å². The Morgan fingerprint density at radius 3 is 2.55 bits per heavy atom. The maximum absolute atomic E-state index is 14.1. The molecule has 3 aliphatic heterocycles. The smallest absolute Gasteiger partial charge is 0.244 e. The summed E-state index contributed by atoms with van der Waals surface area (Å²) in [4.78, 5) is 43.4. The fourth-order valence-corrected chi connectivity index (χ4v) is 10.1. The number of likely N-dealkylation sites (tertiary alicyclic amines) is 1. The second-order valence-electron chi connectivity index (χ2n) is 10.6. The Hall–Kier alpha value is -2.56. The number of alkyl halides is 1. The maximum Gasteiger partial charge on any atom is 0.244 e. The quantitative estimate of drug-likeness (QED) is 0.242. The molecule has 3 heterocycles. The fraction of sp³-hybridized carbons (Fsp3) is 0.500. The number of aliphatic hydroxyl groups excluding tert-OH is 1. The second kappa shape index (κ2) is 12.5. The van der Waals surface area contributed by atoms with Gasteiger partial charge in [0.2, 0.25) is 17.7 Å². The summed E-state index contributed by atoms with van der Waals surface area (Å²) in [5.41, 5.74) is 1.63. The number of hydrogen-bond donors (Lipinski definition) is 3. The number of fused-ring (bicyclic) bond motifs is 1. The third-order valence-corrected chi connectivity index (χ3v) is 11.4. The zero-order valence-electron chi connectivity index (χ0n) is 22.6. The molecule has 3 saturated heterocycles. The molecule has 0 aliphatic carbocycles. The lowest BCUT2D eigenvalue weighted by Gasteiger charge is -2.35. The largest absolute Gasteiger partial charge is 0.494 e. The maximum atomic E-state index is 14.1. The molecule has 0 saturated carbocycles. The first-order valence-corrected chi connectivity index (χ1v) is 15.8. The van der Waals surface area contributed by atoms with E-state index >= 15 is 0 Å². The molecule has 1 spiro atoms. The monoisotopic (exact) mass is 629 g/mol. The van der Waals surface area contributed by atoms with Crippen LogP contribution in [0.25, 0.3) is 0 Å². The van der Waals surface area contributed by atoms with Crippen LogP contribution in [0.1, 0.15) is 38.2 Å². The van der Waals surface area contributed by atoms with E-state index in [-0.39, 0.29) is 34.4 Å². The van der Waals surface area contributed by atoms with Crippen LogP contribution in [0.3, 0.4) is 0 Å². The van der Waals surface area contributed by atoms with Crippen LogP contribution in [0.2, 0.25) is 0 Å². The fourth-order valence-electron chi connectivity index (χ4n) is 6.45. The van der Waals surface area contributed by atoms with Gasteiger partial charge < -0.3 is 25.4 Å². The lowest BCUT2D eigenvalue weighted by atomic mass is 9.70. The molecule has 3 unspecified atom stereocenters. The summed E-state index contributed by atoms with van der Waals surface area (Å²) in [7, 11) is 0. The van der Waals surface area contributed by atoms with Crippen molar-refractivity contribution in [1.82, 2.24) is 10.2 Å². The molecule has 5 rings (SSSR count). The van der Waals surface area contributed by atoms with Crippen LogP contribution in [-0.4, -0.2) is 68.4 Å². The van der Waals surface area contributed by atoms with E-state index in [0.29, 0.717) is 44.6 Å². The van der Waals surface area contributed by atoms with E-state index in [9.17, 15) is 19.5 Å². The van der Waals surface area contributed by atoms with Crippen molar-refractivity contribution in [1.29, 1.82) is 0 Å². The molecular formula is C30H36BrN3O5S. The van der Waals surface area contributed by atoms with E-state index < -0.39 is 22.6 Å². The minimum atomic E-state index is -0.686. The summed E-state index contributed by atoms with van der Waals surface area (Å²) in [6.07, 6.45) is 2.73. The number of benzene rings is 2. The highest BCUT2D eigenvalue weighted by Crippen LogP contribution is 2.67. The topological polar surface area (TPSA) is 108 Å². The van der Waals surface area contributed by atoms with Crippen molar-refractivity contribution in [3.05, 3.63) is 60.2 Å². The molecule has 8 nitrogen and oxygen atoms in total. The molecule has 3 amide bonds. The average Bonchev–Trinajstić information content (AvgIpc) is 3.55. The van der Waals surface area contributed by atoms with Crippen LogP contribution in [-0.2, 0) is 20.9 Å². The van der Waals surface area contributed by atoms with Crippen LogP contribution in [0.5, 0.6) is 5.75 Å². The molecule has 3 aliphatic rings. The Kier molecular flexibility index (Phi) is 9.07. The third kappa shape index (κ3) is 5.50. The van der Waals surface area contributed by atoms with Crippen molar-refractivity contribution in [3.63, 3.8) is 0 Å². The summed E-state index contributed by atoms with van der Waals surface area (Å²) in [5.74, 6) is -0.912. The Balaban J connectivity index is 1.39. The summed E-state index contributed by atoms with van der Waals surface area (Å²) >= 11 is 5.44. The second-order valence-corrected chi connectivity index (χ2v) is 13.3. The molecule has 2 bridgehead atoms. The molecule has 6 atom stereocenters. The number of thioether (sulfide) groups is 1. The number of anilines is 1. The van der Waals surface area contributed by atoms with Crippen molar-refractivity contribution in [2.24, 2.45) is 11.8 Å². The lowest BCUT2D eigenvalue weighted by Crippen LogP contribution is -2.54. The number of ether oxygens (including phenoxy) is 1. The van der Waals surface area contributed by atoms with Gasteiger partial charge in [0.1, 0.15) is 11.8 Å². The molecule has 2 aromatic rings. The number of nitrogens with one attached hydrogen (secondary N) is 2. The van der Waals surface area contributed by atoms with Crippen molar-refractivity contribution in [2.45, 2.75) is 60.0 Å². The van der Waals surface area contributed by atoms with Crippen LogP contribution in [0, 0.1) is 11.8 Å². The third-order valence-electron chi connectivity index (χ3n) is 8.14. The van der Waals surface area contributed by atoms with Gasteiger partial charge in [-0.3, -0.25) is 14.4 Å². The Morgan fingerprint density at radius 2 is 1.85 bits per heavy atom. The van der Waals surface area contributed by atoms with Crippen LogP contribution >= 0.6 is 27.7 Å². The van der Waals surface area contributed by atoms with Gasteiger partial charge in [-0.1, -0.05) is 46.3 Å². The van der Waals surface area contributed by atoms with Gasteiger partial charge in [0.15, 0.2) is 0 Å². The van der Waals surface area contributed by atoms with E-state index in [2.05, 4.69) is 26.6 Å². The normalized spacial score (nSPS) is 28.4. The lowest BCUT2D eigenvalue weighted by molar-refractivity contribution is -0.139. The predicted octanol–water partition coefficient (Wildman–Crippen LogP) is 3.97. The number of rotatable bonds is 12. The highest BCUT2D eigenvalue weighted by atomic mass is 79.9. The zero-order chi connectivity index (χ0) is 28.3. The molecule has 10 heteroatoms. The highest BCUT2D eigenvalue weighted by Gasteiger charge is 2.75. The van der Waals surface area contributed by atoms with Crippen LogP contribution in [0.4, 0.5) is 5.69 Å². The Labute approximate surface area is 247 Å². The molecular weight excluding hydrogens is 594 g/mol. The van der Waals surface area contributed by atoms with Gasteiger partial charge in [-0.05, 0) is 62.4 Å². The standard InChI is InChI=1S/C30H36BrN3O5S/c1-2-39-21-13-11-20(12-14-21)33-27(36)23-24-29(38)34(15-7-4-8-16-35)26(30(24)17-22(31)25(23)40-30)28(37)32-18-19-9-5-3-6-10-19/h3,5-6,9-14,22-26,35H,2,4,7-8,15-18H2,1H3,(H,32,37)(H,33,36)/t22?,23-,24+,25-,26?,30?/m1/s1. The van der Waals surface area contributed by atoms with E-state index in [1.807, 2.05) is 49.4 Å². The number of carbonyl (C=O) groups excluding carboxylic acids is 3. The van der Waals surface area contributed by atoms with Gasteiger partial charge in [-0.25, -0.2) is 0 Å². The minimum absolute atomic E-state index is 0.0105. The van der Waals surface area contributed by atoms with Gasteiger partial charge in [0, 0.05) is 35.5 Å². The Morgan fingerprint density at radius 1 is 1.10 bits per heavy atom. The van der Waals surface area contributed by atoms with E-state index in [0.717, 1.165) is 17.7 Å². The summed E-state index contributed by atoms with van der Waals surface area (Å²) in [5, 5.41) is 15.2. The molecule has 2 aromatic carbocycles. The number of amides is 3. The number of carbonyl (C=O) groups is 3.